The molecule has 0 aliphatic carbocycles. The van der Waals surface area contributed by atoms with Crippen molar-refractivity contribution in [3.63, 3.8) is 0 Å². The molecular formula is C13H15FN4O. The van der Waals surface area contributed by atoms with Crippen LogP contribution in [0.15, 0.2) is 30.6 Å². The summed E-state index contributed by atoms with van der Waals surface area (Å²) in [5, 5.41) is 2.99. The summed E-state index contributed by atoms with van der Waals surface area (Å²) in [6.45, 7) is 3.77. The molecule has 0 spiro atoms. The van der Waals surface area contributed by atoms with Gasteiger partial charge in [-0.3, -0.25) is 0 Å². The molecule has 0 fully saturated rings. The van der Waals surface area contributed by atoms with Crippen molar-refractivity contribution < 1.29 is 9.13 Å². The van der Waals surface area contributed by atoms with E-state index in [4.69, 9.17) is 10.5 Å². The smallest absolute Gasteiger partial charge is 0.242 e. The van der Waals surface area contributed by atoms with Gasteiger partial charge in [-0.25, -0.2) is 9.37 Å². The van der Waals surface area contributed by atoms with Crippen LogP contribution in [0.2, 0.25) is 0 Å². The topological polar surface area (TPSA) is 73.1 Å². The third-order valence-electron chi connectivity index (χ3n) is 2.30. The first-order valence-electron chi connectivity index (χ1n) is 5.86. The van der Waals surface area contributed by atoms with Crippen LogP contribution in [0.5, 0.6) is 5.88 Å². The van der Waals surface area contributed by atoms with Gasteiger partial charge < -0.3 is 15.8 Å². The van der Waals surface area contributed by atoms with Gasteiger partial charge in [0.05, 0.1) is 6.10 Å². The van der Waals surface area contributed by atoms with Gasteiger partial charge in [-0.15, -0.1) is 0 Å². The zero-order chi connectivity index (χ0) is 13.8. The van der Waals surface area contributed by atoms with Crippen molar-refractivity contribution >= 4 is 17.2 Å². The molecule has 2 aromatic rings. The van der Waals surface area contributed by atoms with Gasteiger partial charge in [0, 0.05) is 5.69 Å². The number of ether oxygens (including phenoxy) is 1. The Morgan fingerprint density at radius 2 is 1.89 bits per heavy atom. The highest BCUT2D eigenvalue weighted by molar-refractivity contribution is 5.71. The molecule has 0 aliphatic rings. The third-order valence-corrected chi connectivity index (χ3v) is 2.30. The lowest BCUT2D eigenvalue weighted by molar-refractivity contribution is 0.234. The quantitative estimate of drug-likeness (QED) is 0.886. The number of anilines is 3. The molecule has 3 N–H and O–H groups in total. The highest BCUT2D eigenvalue weighted by Crippen LogP contribution is 2.27. The van der Waals surface area contributed by atoms with Crippen LogP contribution in [0.1, 0.15) is 13.8 Å². The minimum absolute atomic E-state index is 0.0316. The first-order chi connectivity index (χ1) is 9.06. The molecule has 1 aromatic heterocycles. The second-order valence-corrected chi connectivity index (χ2v) is 4.24. The average molecular weight is 262 g/mol. The molecule has 0 amide bonds. The lowest BCUT2D eigenvalue weighted by Crippen LogP contribution is -2.10. The number of aromatic nitrogens is 2. The number of benzene rings is 1. The van der Waals surface area contributed by atoms with Crippen molar-refractivity contribution in [2.45, 2.75) is 20.0 Å². The standard InChI is InChI=1S/C13H15FN4O/c1-8(2)19-13-11(15)12(16-7-17-13)18-10-5-3-9(14)4-6-10/h3-8H,15H2,1-2H3,(H,16,17,18). The molecule has 1 aromatic carbocycles. The van der Waals surface area contributed by atoms with E-state index < -0.39 is 0 Å². The van der Waals surface area contributed by atoms with Crippen molar-refractivity contribution in [1.82, 2.24) is 9.97 Å². The highest BCUT2D eigenvalue weighted by Gasteiger charge is 2.10. The van der Waals surface area contributed by atoms with Crippen LogP contribution in [0.3, 0.4) is 0 Å². The first-order valence-corrected chi connectivity index (χ1v) is 5.86. The molecule has 0 atom stereocenters. The number of nitrogens with one attached hydrogen (secondary N) is 1. The Balaban J connectivity index is 2.23. The molecule has 0 saturated heterocycles. The summed E-state index contributed by atoms with van der Waals surface area (Å²) in [7, 11) is 0. The SMILES string of the molecule is CC(C)Oc1ncnc(Nc2ccc(F)cc2)c1N. The molecule has 0 radical (unpaired) electrons. The lowest BCUT2D eigenvalue weighted by atomic mass is 10.3. The summed E-state index contributed by atoms with van der Waals surface area (Å²) in [6, 6.07) is 5.90. The van der Waals surface area contributed by atoms with Crippen LogP contribution in [0.4, 0.5) is 21.6 Å². The molecule has 0 aliphatic heterocycles. The molecular weight excluding hydrogens is 247 g/mol. The fraction of sp³-hybridized carbons (Fsp3) is 0.231. The molecule has 1 heterocycles. The van der Waals surface area contributed by atoms with Gasteiger partial charge in [-0.05, 0) is 38.1 Å². The Hall–Kier alpha value is -2.37. The minimum Gasteiger partial charge on any atom is -0.473 e. The maximum absolute atomic E-state index is 12.8. The van der Waals surface area contributed by atoms with Crippen LogP contribution in [-0.4, -0.2) is 16.1 Å². The number of hydrogen-bond acceptors (Lipinski definition) is 5. The number of nitrogens with two attached hydrogens (primary N) is 1. The molecule has 0 unspecified atom stereocenters. The van der Waals surface area contributed by atoms with Gasteiger partial charge in [-0.2, -0.15) is 4.98 Å². The molecule has 2 rings (SSSR count). The Kier molecular flexibility index (Phi) is 3.79. The van der Waals surface area contributed by atoms with E-state index >= 15 is 0 Å². The molecule has 0 bridgehead atoms. The zero-order valence-electron chi connectivity index (χ0n) is 10.7. The summed E-state index contributed by atoms with van der Waals surface area (Å²) in [5.74, 6) is 0.455. The first kappa shape index (κ1) is 13.1. The summed E-state index contributed by atoms with van der Waals surface area (Å²) in [4.78, 5) is 8.02. The summed E-state index contributed by atoms with van der Waals surface area (Å²) < 4.78 is 18.3. The van der Waals surface area contributed by atoms with E-state index in [1.54, 1.807) is 12.1 Å². The largest absolute Gasteiger partial charge is 0.473 e. The summed E-state index contributed by atoms with van der Waals surface area (Å²) >= 11 is 0. The maximum Gasteiger partial charge on any atom is 0.242 e. The predicted molar refractivity (Wildman–Crippen MR) is 71.9 cm³/mol. The van der Waals surface area contributed by atoms with Gasteiger partial charge in [-0.1, -0.05) is 0 Å². The van der Waals surface area contributed by atoms with Crippen molar-refractivity contribution in [2.24, 2.45) is 0 Å². The Morgan fingerprint density at radius 1 is 1.21 bits per heavy atom. The van der Waals surface area contributed by atoms with Crippen molar-refractivity contribution in [1.29, 1.82) is 0 Å². The fourth-order valence-electron chi connectivity index (χ4n) is 1.47. The van der Waals surface area contributed by atoms with Gasteiger partial charge in [0.25, 0.3) is 0 Å². The number of rotatable bonds is 4. The Bertz CT molecular complexity index is 557. The fourth-order valence-corrected chi connectivity index (χ4v) is 1.47. The molecule has 100 valence electrons. The Morgan fingerprint density at radius 3 is 2.53 bits per heavy atom. The van der Waals surface area contributed by atoms with E-state index in [0.717, 1.165) is 0 Å². The second-order valence-electron chi connectivity index (χ2n) is 4.24. The Labute approximate surface area is 110 Å². The highest BCUT2D eigenvalue weighted by atomic mass is 19.1. The third kappa shape index (κ3) is 3.31. The van der Waals surface area contributed by atoms with Crippen LogP contribution in [-0.2, 0) is 0 Å². The summed E-state index contributed by atoms with van der Waals surface area (Å²) in [6.07, 6.45) is 1.33. The number of halogens is 1. The monoisotopic (exact) mass is 262 g/mol. The minimum atomic E-state index is -0.301. The normalized spacial score (nSPS) is 10.5. The molecule has 6 heteroatoms. The predicted octanol–water partition coefficient (Wildman–Crippen LogP) is 2.73. The van der Waals surface area contributed by atoms with E-state index in [2.05, 4.69) is 15.3 Å². The van der Waals surface area contributed by atoms with E-state index in [1.165, 1.54) is 18.5 Å². The van der Waals surface area contributed by atoms with Crippen LogP contribution >= 0.6 is 0 Å². The molecule has 5 nitrogen and oxygen atoms in total. The van der Waals surface area contributed by atoms with Gasteiger partial charge >= 0.3 is 0 Å². The van der Waals surface area contributed by atoms with E-state index in [-0.39, 0.29) is 11.9 Å². The van der Waals surface area contributed by atoms with Gasteiger partial charge in [0.2, 0.25) is 5.88 Å². The number of nitrogens with zero attached hydrogens (tertiary/aromatic N) is 2. The van der Waals surface area contributed by atoms with Gasteiger partial charge in [0.15, 0.2) is 5.82 Å². The summed E-state index contributed by atoms with van der Waals surface area (Å²) in [5.41, 5.74) is 6.93. The second kappa shape index (κ2) is 5.51. The van der Waals surface area contributed by atoms with Crippen LogP contribution in [0, 0.1) is 5.82 Å². The molecule has 19 heavy (non-hydrogen) atoms. The molecule has 0 saturated carbocycles. The maximum atomic E-state index is 12.8. The van der Waals surface area contributed by atoms with Crippen LogP contribution < -0.4 is 15.8 Å². The number of hydrogen-bond donors (Lipinski definition) is 2. The van der Waals surface area contributed by atoms with E-state index in [0.29, 0.717) is 23.1 Å². The van der Waals surface area contributed by atoms with Crippen molar-refractivity contribution in [2.75, 3.05) is 11.1 Å². The zero-order valence-corrected chi connectivity index (χ0v) is 10.7. The van der Waals surface area contributed by atoms with E-state index in [1.807, 2.05) is 13.8 Å². The average Bonchev–Trinajstić information content (AvgIpc) is 2.36. The lowest BCUT2D eigenvalue weighted by Gasteiger charge is -2.13. The van der Waals surface area contributed by atoms with Crippen LogP contribution in [0.25, 0.3) is 0 Å². The van der Waals surface area contributed by atoms with Crippen molar-refractivity contribution in [3.8, 4) is 5.88 Å². The van der Waals surface area contributed by atoms with E-state index in [9.17, 15) is 4.39 Å². The van der Waals surface area contributed by atoms with Gasteiger partial charge in [0.1, 0.15) is 17.8 Å². The number of nitrogen functional groups attached to an aromatic ring is 1. The van der Waals surface area contributed by atoms with Crippen molar-refractivity contribution in [3.05, 3.63) is 36.4 Å².